The normalized spacial score (nSPS) is 13.1. The zero-order valence-corrected chi connectivity index (χ0v) is 11.9. The summed E-state index contributed by atoms with van der Waals surface area (Å²) in [5, 5.41) is 0. The zero-order valence-electron chi connectivity index (χ0n) is 11.9. The lowest BCUT2D eigenvalue weighted by Crippen LogP contribution is -2.29. The highest BCUT2D eigenvalue weighted by molar-refractivity contribution is 5.96. The molecule has 0 fully saturated rings. The summed E-state index contributed by atoms with van der Waals surface area (Å²) in [6, 6.07) is 7.89. The topological polar surface area (TPSA) is 43.1 Å². The summed E-state index contributed by atoms with van der Waals surface area (Å²) in [7, 11) is 0. The van der Waals surface area contributed by atoms with Crippen molar-refractivity contribution in [2.75, 3.05) is 0 Å². The standard InChI is InChI=1S/C16H25NO/c1-11(2)8-13-6-5-7-14(9-13)16(18)10-15(17)12(3)4/h5-7,9,11-12,15H,8,10,17H2,1-4H3. The van der Waals surface area contributed by atoms with Crippen molar-refractivity contribution >= 4 is 5.78 Å². The van der Waals surface area contributed by atoms with Crippen LogP contribution in [0.3, 0.4) is 0 Å². The first-order chi connectivity index (χ1) is 8.40. The van der Waals surface area contributed by atoms with Gasteiger partial charge in [-0.05, 0) is 29.9 Å². The zero-order chi connectivity index (χ0) is 13.7. The third-order valence-corrected chi connectivity index (χ3v) is 3.17. The Balaban J connectivity index is 2.74. The van der Waals surface area contributed by atoms with E-state index in [9.17, 15) is 4.79 Å². The van der Waals surface area contributed by atoms with Crippen LogP contribution < -0.4 is 5.73 Å². The van der Waals surface area contributed by atoms with Crippen LogP contribution in [0.2, 0.25) is 0 Å². The molecular weight excluding hydrogens is 222 g/mol. The lowest BCUT2D eigenvalue weighted by atomic mass is 9.94. The number of hydrogen-bond acceptors (Lipinski definition) is 2. The molecule has 0 saturated heterocycles. The Morgan fingerprint density at radius 3 is 2.44 bits per heavy atom. The molecule has 0 aromatic heterocycles. The van der Waals surface area contributed by atoms with E-state index < -0.39 is 0 Å². The van der Waals surface area contributed by atoms with E-state index in [1.54, 1.807) is 0 Å². The molecule has 0 aliphatic carbocycles. The minimum Gasteiger partial charge on any atom is -0.327 e. The number of carbonyl (C=O) groups is 1. The predicted octanol–water partition coefficient (Wildman–Crippen LogP) is 3.44. The van der Waals surface area contributed by atoms with Crippen molar-refractivity contribution in [3.8, 4) is 0 Å². The lowest BCUT2D eigenvalue weighted by molar-refractivity contribution is 0.0967. The second-order valence-electron chi connectivity index (χ2n) is 5.83. The Morgan fingerprint density at radius 2 is 1.89 bits per heavy atom. The van der Waals surface area contributed by atoms with Gasteiger partial charge in [0.05, 0.1) is 0 Å². The molecule has 0 aliphatic heterocycles. The second-order valence-corrected chi connectivity index (χ2v) is 5.83. The van der Waals surface area contributed by atoms with E-state index in [0.29, 0.717) is 18.3 Å². The van der Waals surface area contributed by atoms with Crippen molar-refractivity contribution in [1.82, 2.24) is 0 Å². The van der Waals surface area contributed by atoms with Gasteiger partial charge in [0.15, 0.2) is 5.78 Å². The van der Waals surface area contributed by atoms with Gasteiger partial charge in [0, 0.05) is 18.0 Å². The molecule has 0 heterocycles. The van der Waals surface area contributed by atoms with Gasteiger partial charge in [0.1, 0.15) is 0 Å². The van der Waals surface area contributed by atoms with Crippen LogP contribution in [0.5, 0.6) is 0 Å². The Morgan fingerprint density at radius 1 is 1.22 bits per heavy atom. The number of ketones is 1. The summed E-state index contributed by atoms with van der Waals surface area (Å²) >= 11 is 0. The number of Topliss-reactive ketones (excluding diaryl/α,β-unsaturated/α-hetero) is 1. The van der Waals surface area contributed by atoms with Crippen LogP contribution >= 0.6 is 0 Å². The van der Waals surface area contributed by atoms with E-state index in [1.165, 1.54) is 5.56 Å². The average molecular weight is 247 g/mol. The number of nitrogens with two attached hydrogens (primary N) is 1. The highest BCUT2D eigenvalue weighted by Crippen LogP contribution is 2.14. The molecule has 1 unspecified atom stereocenters. The molecule has 0 aliphatic rings. The minimum absolute atomic E-state index is 0.0498. The first kappa shape index (κ1) is 14.9. The van der Waals surface area contributed by atoms with Gasteiger partial charge in [0.2, 0.25) is 0 Å². The van der Waals surface area contributed by atoms with Crippen molar-refractivity contribution in [1.29, 1.82) is 0 Å². The highest BCUT2D eigenvalue weighted by Gasteiger charge is 2.14. The van der Waals surface area contributed by atoms with Gasteiger partial charge in [-0.25, -0.2) is 0 Å². The first-order valence-corrected chi connectivity index (χ1v) is 6.78. The molecule has 1 rings (SSSR count). The van der Waals surface area contributed by atoms with Crippen LogP contribution in [0.4, 0.5) is 0 Å². The molecule has 0 spiro atoms. The van der Waals surface area contributed by atoms with Crippen molar-refractivity contribution in [3.05, 3.63) is 35.4 Å². The van der Waals surface area contributed by atoms with Gasteiger partial charge in [-0.1, -0.05) is 45.9 Å². The summed E-state index contributed by atoms with van der Waals surface area (Å²) in [5.41, 5.74) is 7.98. The summed E-state index contributed by atoms with van der Waals surface area (Å²) in [5.74, 6) is 1.10. The van der Waals surface area contributed by atoms with Crippen LogP contribution in [0, 0.1) is 11.8 Å². The quantitative estimate of drug-likeness (QED) is 0.782. The molecule has 2 N–H and O–H groups in total. The average Bonchev–Trinajstić information content (AvgIpc) is 2.28. The Labute approximate surface area is 111 Å². The van der Waals surface area contributed by atoms with Gasteiger partial charge in [-0.15, -0.1) is 0 Å². The molecule has 1 aromatic carbocycles. The summed E-state index contributed by atoms with van der Waals surface area (Å²) in [4.78, 5) is 12.1. The second kappa shape index (κ2) is 6.69. The van der Waals surface area contributed by atoms with Crippen LogP contribution in [-0.4, -0.2) is 11.8 Å². The van der Waals surface area contributed by atoms with E-state index in [-0.39, 0.29) is 11.8 Å². The summed E-state index contributed by atoms with van der Waals surface area (Å²) in [6.07, 6.45) is 1.44. The van der Waals surface area contributed by atoms with Crippen molar-refractivity contribution in [2.24, 2.45) is 17.6 Å². The maximum absolute atomic E-state index is 12.1. The van der Waals surface area contributed by atoms with Gasteiger partial charge in [-0.3, -0.25) is 4.79 Å². The van der Waals surface area contributed by atoms with Gasteiger partial charge in [-0.2, -0.15) is 0 Å². The third-order valence-electron chi connectivity index (χ3n) is 3.17. The molecule has 0 saturated carbocycles. The molecule has 2 nitrogen and oxygen atoms in total. The van der Waals surface area contributed by atoms with E-state index in [1.807, 2.05) is 32.0 Å². The molecule has 1 atom stereocenters. The first-order valence-electron chi connectivity index (χ1n) is 6.78. The highest BCUT2D eigenvalue weighted by atomic mass is 16.1. The largest absolute Gasteiger partial charge is 0.327 e. The molecule has 2 heteroatoms. The Bertz CT molecular complexity index is 396. The SMILES string of the molecule is CC(C)Cc1cccc(C(=O)CC(N)C(C)C)c1. The van der Waals surface area contributed by atoms with Crippen molar-refractivity contribution < 1.29 is 4.79 Å². The van der Waals surface area contributed by atoms with E-state index in [4.69, 9.17) is 5.73 Å². The van der Waals surface area contributed by atoms with Gasteiger partial charge in [0.25, 0.3) is 0 Å². The fourth-order valence-electron chi connectivity index (χ4n) is 1.91. The summed E-state index contributed by atoms with van der Waals surface area (Å²) < 4.78 is 0. The fourth-order valence-corrected chi connectivity index (χ4v) is 1.91. The molecule has 0 bridgehead atoms. The molecular formula is C16H25NO. The third kappa shape index (κ3) is 4.61. The lowest BCUT2D eigenvalue weighted by Gasteiger charge is -2.14. The number of benzene rings is 1. The van der Waals surface area contributed by atoms with Crippen LogP contribution in [0.15, 0.2) is 24.3 Å². The Hall–Kier alpha value is -1.15. The van der Waals surface area contributed by atoms with Gasteiger partial charge < -0.3 is 5.73 Å². The Kier molecular flexibility index (Phi) is 5.54. The molecule has 0 radical (unpaired) electrons. The molecule has 1 aromatic rings. The van der Waals surface area contributed by atoms with Crippen molar-refractivity contribution in [3.63, 3.8) is 0 Å². The summed E-state index contributed by atoms with van der Waals surface area (Å²) in [6.45, 7) is 8.46. The number of carbonyl (C=O) groups excluding carboxylic acids is 1. The van der Waals surface area contributed by atoms with E-state index in [0.717, 1.165) is 12.0 Å². The predicted molar refractivity (Wildman–Crippen MR) is 76.7 cm³/mol. The number of rotatable bonds is 6. The maximum Gasteiger partial charge on any atom is 0.164 e. The van der Waals surface area contributed by atoms with Crippen LogP contribution in [0.1, 0.15) is 50.0 Å². The maximum atomic E-state index is 12.1. The van der Waals surface area contributed by atoms with Crippen LogP contribution in [-0.2, 0) is 6.42 Å². The van der Waals surface area contributed by atoms with Crippen LogP contribution in [0.25, 0.3) is 0 Å². The minimum atomic E-state index is -0.0498. The van der Waals surface area contributed by atoms with Gasteiger partial charge >= 0.3 is 0 Å². The monoisotopic (exact) mass is 247 g/mol. The fraction of sp³-hybridized carbons (Fsp3) is 0.562. The van der Waals surface area contributed by atoms with Crippen molar-refractivity contribution in [2.45, 2.75) is 46.6 Å². The molecule has 100 valence electrons. The number of hydrogen-bond donors (Lipinski definition) is 1. The smallest absolute Gasteiger partial charge is 0.164 e. The van der Waals surface area contributed by atoms with E-state index in [2.05, 4.69) is 19.9 Å². The molecule has 0 amide bonds. The molecule has 18 heavy (non-hydrogen) atoms. The van der Waals surface area contributed by atoms with E-state index >= 15 is 0 Å².